The van der Waals surface area contributed by atoms with Crippen molar-refractivity contribution in [2.75, 3.05) is 0 Å². The fourth-order valence-electron chi connectivity index (χ4n) is 7.99. The molecule has 0 bridgehead atoms. The molecule has 11 aromatic rings. The van der Waals surface area contributed by atoms with Gasteiger partial charge in [0.2, 0.25) is 0 Å². The second kappa shape index (κ2) is 11.0. The van der Waals surface area contributed by atoms with Crippen molar-refractivity contribution in [1.82, 2.24) is 9.97 Å². The zero-order valence-corrected chi connectivity index (χ0v) is 28.3. The first-order valence-corrected chi connectivity index (χ1v) is 18.1. The average Bonchev–Trinajstić information content (AvgIpc) is 3.58. The van der Waals surface area contributed by atoms with Crippen LogP contribution in [-0.2, 0) is 0 Å². The van der Waals surface area contributed by atoms with Crippen LogP contribution in [0.5, 0.6) is 0 Å². The molecule has 0 amide bonds. The molecule has 0 aliphatic heterocycles. The lowest BCUT2D eigenvalue weighted by atomic mass is 9.92. The largest absolute Gasteiger partial charge is 0.247 e. The van der Waals surface area contributed by atoms with Crippen molar-refractivity contribution in [2.45, 2.75) is 0 Å². The first-order valence-electron chi connectivity index (χ1n) is 17.3. The number of aromatic nitrogens is 2. The molecule has 0 saturated heterocycles. The zero-order valence-electron chi connectivity index (χ0n) is 27.5. The Hall–Kier alpha value is -6.42. The van der Waals surface area contributed by atoms with E-state index in [0.29, 0.717) is 0 Å². The summed E-state index contributed by atoms with van der Waals surface area (Å²) in [6.07, 6.45) is 0. The Labute approximate surface area is 297 Å². The SMILES string of the molecule is c1ccc(-c2nc3cc(-c4cccc(-c5cc6cc7ccccc7nc6c6ccccc56)c4)ccc3c3c2ccc2c4ccccc4sc23)cc1. The van der Waals surface area contributed by atoms with Gasteiger partial charge in [-0.1, -0.05) is 133 Å². The first kappa shape index (κ1) is 28.4. The van der Waals surface area contributed by atoms with Gasteiger partial charge >= 0.3 is 0 Å². The molecule has 0 N–H and O–H groups in total. The molecule has 2 nitrogen and oxygen atoms in total. The minimum Gasteiger partial charge on any atom is -0.247 e. The Morgan fingerprint density at radius 2 is 1.08 bits per heavy atom. The fourth-order valence-corrected chi connectivity index (χ4v) is 9.25. The number of rotatable bonds is 3. The normalized spacial score (nSPS) is 11.9. The van der Waals surface area contributed by atoms with E-state index in [2.05, 4.69) is 170 Å². The highest BCUT2D eigenvalue weighted by molar-refractivity contribution is 7.26. The summed E-state index contributed by atoms with van der Waals surface area (Å²) in [7, 11) is 0. The predicted molar refractivity (Wildman–Crippen MR) is 219 cm³/mol. The molecule has 11 rings (SSSR count). The van der Waals surface area contributed by atoms with Gasteiger partial charge in [-0.3, -0.25) is 0 Å². The van der Waals surface area contributed by atoms with Crippen molar-refractivity contribution < 1.29 is 0 Å². The van der Waals surface area contributed by atoms with E-state index in [1.54, 1.807) is 0 Å². The van der Waals surface area contributed by atoms with Crippen molar-refractivity contribution in [3.8, 4) is 33.5 Å². The van der Waals surface area contributed by atoms with E-state index < -0.39 is 0 Å². The molecule has 3 aromatic heterocycles. The monoisotopic (exact) mass is 664 g/mol. The van der Waals surface area contributed by atoms with E-state index in [9.17, 15) is 0 Å². The maximum absolute atomic E-state index is 5.40. The number of thiophene rings is 1. The van der Waals surface area contributed by atoms with Crippen LogP contribution in [0, 0.1) is 0 Å². The summed E-state index contributed by atoms with van der Waals surface area (Å²) in [6, 6.07) is 61.3. The molecule has 0 aliphatic carbocycles. The maximum Gasteiger partial charge on any atom is 0.0788 e. The van der Waals surface area contributed by atoms with Gasteiger partial charge in [0.1, 0.15) is 0 Å². The highest BCUT2D eigenvalue weighted by Crippen LogP contribution is 2.44. The molecule has 51 heavy (non-hydrogen) atoms. The van der Waals surface area contributed by atoms with Crippen molar-refractivity contribution >= 4 is 85.8 Å². The summed E-state index contributed by atoms with van der Waals surface area (Å²) in [5.74, 6) is 0. The van der Waals surface area contributed by atoms with Gasteiger partial charge in [0.05, 0.1) is 22.2 Å². The van der Waals surface area contributed by atoms with Crippen molar-refractivity contribution in [1.29, 1.82) is 0 Å². The molecule has 0 saturated carbocycles. The number of fused-ring (bicyclic) bond motifs is 11. The molecule has 3 heterocycles. The van der Waals surface area contributed by atoms with Crippen molar-refractivity contribution in [3.05, 3.63) is 170 Å². The van der Waals surface area contributed by atoms with E-state index in [-0.39, 0.29) is 0 Å². The van der Waals surface area contributed by atoms with E-state index in [1.807, 2.05) is 11.3 Å². The lowest BCUT2D eigenvalue weighted by molar-refractivity contribution is 1.43. The summed E-state index contributed by atoms with van der Waals surface area (Å²) in [4.78, 5) is 10.5. The Kier molecular flexibility index (Phi) is 6.16. The molecular formula is C48H28N2S. The summed E-state index contributed by atoms with van der Waals surface area (Å²) < 4.78 is 2.63. The summed E-state index contributed by atoms with van der Waals surface area (Å²) >= 11 is 1.88. The van der Waals surface area contributed by atoms with Gasteiger partial charge < -0.3 is 0 Å². The Balaban J connectivity index is 1.13. The van der Waals surface area contributed by atoms with E-state index in [0.717, 1.165) is 44.1 Å². The third-order valence-electron chi connectivity index (χ3n) is 10.4. The molecule has 0 unspecified atom stereocenters. The molecule has 3 heteroatoms. The van der Waals surface area contributed by atoms with E-state index in [4.69, 9.17) is 9.97 Å². The van der Waals surface area contributed by atoms with Crippen LogP contribution in [0.4, 0.5) is 0 Å². The molecule has 8 aromatic carbocycles. The van der Waals surface area contributed by atoms with Crippen LogP contribution in [0.25, 0.3) is 108 Å². The fraction of sp³-hybridized carbons (Fsp3) is 0. The first-order chi connectivity index (χ1) is 25.3. The quantitative estimate of drug-likeness (QED) is 0.139. The van der Waals surface area contributed by atoms with Crippen LogP contribution < -0.4 is 0 Å². The molecule has 0 aliphatic rings. The number of hydrogen-bond donors (Lipinski definition) is 0. The molecular weight excluding hydrogens is 637 g/mol. The number of benzene rings is 8. The lowest BCUT2D eigenvalue weighted by Crippen LogP contribution is -1.91. The third-order valence-corrected chi connectivity index (χ3v) is 11.6. The molecule has 0 radical (unpaired) electrons. The number of para-hydroxylation sites is 1. The van der Waals surface area contributed by atoms with Crippen LogP contribution in [-0.4, -0.2) is 9.97 Å². The van der Waals surface area contributed by atoms with Gasteiger partial charge in [-0.15, -0.1) is 11.3 Å². The molecule has 0 fully saturated rings. The van der Waals surface area contributed by atoms with Gasteiger partial charge in [0.15, 0.2) is 0 Å². The number of nitrogens with zero attached hydrogens (tertiary/aromatic N) is 2. The van der Waals surface area contributed by atoms with E-state index >= 15 is 0 Å². The third kappa shape index (κ3) is 4.42. The van der Waals surface area contributed by atoms with Gasteiger partial charge in [-0.2, -0.15) is 0 Å². The smallest absolute Gasteiger partial charge is 0.0788 e. The van der Waals surface area contributed by atoms with Crippen molar-refractivity contribution in [2.24, 2.45) is 0 Å². The van der Waals surface area contributed by atoms with Crippen LogP contribution >= 0.6 is 11.3 Å². The van der Waals surface area contributed by atoms with Gasteiger partial charge in [0.25, 0.3) is 0 Å². The minimum atomic E-state index is 1.00. The standard InChI is InChI=1S/C48H28N2S/c1-2-11-29(12-3-1)46-40-24-23-38-36-17-7-9-20-44(36)51-48(38)45(40)39-22-21-31(28-43(39)50-46)30-14-10-15-32(25-30)41-27-34-26-33-13-4-8-19-42(33)49-47(34)37-18-6-5-16-35(37)41/h1-28H. The Bertz CT molecular complexity index is 3190. The van der Waals surface area contributed by atoms with Gasteiger partial charge in [-0.25, -0.2) is 9.97 Å². The Morgan fingerprint density at radius 3 is 2.00 bits per heavy atom. The summed E-state index contributed by atoms with van der Waals surface area (Å²) in [6.45, 7) is 0. The highest BCUT2D eigenvalue weighted by Gasteiger charge is 2.17. The summed E-state index contributed by atoms with van der Waals surface area (Å²) in [5, 5.41) is 10.9. The molecule has 0 atom stereocenters. The number of hydrogen-bond acceptors (Lipinski definition) is 3. The molecule has 236 valence electrons. The van der Waals surface area contributed by atoms with Crippen LogP contribution in [0.2, 0.25) is 0 Å². The number of pyridine rings is 2. The minimum absolute atomic E-state index is 1.00. The average molecular weight is 665 g/mol. The maximum atomic E-state index is 5.40. The second-order valence-corrected chi connectivity index (χ2v) is 14.4. The van der Waals surface area contributed by atoms with Crippen LogP contribution in [0.3, 0.4) is 0 Å². The van der Waals surface area contributed by atoms with E-state index in [1.165, 1.54) is 63.8 Å². The van der Waals surface area contributed by atoms with Crippen molar-refractivity contribution in [3.63, 3.8) is 0 Å². The van der Waals surface area contributed by atoms with Gasteiger partial charge in [0, 0.05) is 58.1 Å². The molecule has 0 spiro atoms. The van der Waals surface area contributed by atoms with Gasteiger partial charge in [-0.05, 0) is 64.0 Å². The zero-order chi connectivity index (χ0) is 33.5. The van der Waals surface area contributed by atoms with Crippen LogP contribution in [0.15, 0.2) is 170 Å². The van der Waals surface area contributed by atoms with Crippen LogP contribution in [0.1, 0.15) is 0 Å². The topological polar surface area (TPSA) is 25.8 Å². The summed E-state index contributed by atoms with van der Waals surface area (Å²) in [5.41, 5.74) is 9.92. The highest BCUT2D eigenvalue weighted by atomic mass is 32.1. The second-order valence-electron chi connectivity index (χ2n) is 13.3. The Morgan fingerprint density at radius 1 is 0.373 bits per heavy atom. The predicted octanol–water partition coefficient (Wildman–Crippen LogP) is 13.6. The lowest BCUT2D eigenvalue weighted by Gasteiger charge is -2.14.